The highest BCUT2D eigenvalue weighted by Gasteiger charge is 2.04. The van der Waals surface area contributed by atoms with Crippen LogP contribution in [-0.4, -0.2) is 22.9 Å². The highest BCUT2D eigenvalue weighted by atomic mass is 17.0. The fourth-order valence-corrected chi connectivity index (χ4v) is 0.563. The van der Waals surface area contributed by atoms with Gasteiger partial charge < -0.3 is 9.94 Å². The molecule has 0 fully saturated rings. The summed E-state index contributed by atoms with van der Waals surface area (Å²) in [6.07, 6.45) is 0.617. The van der Waals surface area contributed by atoms with Crippen LogP contribution < -0.4 is 0 Å². The summed E-state index contributed by atoms with van der Waals surface area (Å²) in [6.45, 7) is 1.66. The average Bonchev–Trinajstić information content (AvgIpc) is 1.85. The number of nitrogens with zero attached hydrogens (tertiary/aromatic N) is 1. The van der Waals surface area contributed by atoms with Crippen LogP contribution in [0, 0.1) is 10.1 Å². The van der Waals surface area contributed by atoms with Crippen molar-refractivity contribution in [3.05, 3.63) is 10.1 Å². The van der Waals surface area contributed by atoms with E-state index in [1.54, 1.807) is 0 Å². The molecule has 0 heterocycles. The van der Waals surface area contributed by atoms with Crippen LogP contribution >= 0.6 is 0 Å². The number of aliphatic hydroxyl groups is 1. The molecule has 0 saturated heterocycles. The third-order valence-corrected chi connectivity index (χ3v) is 0.994. The van der Waals surface area contributed by atoms with Crippen LogP contribution in [0.15, 0.2) is 0 Å². The van der Waals surface area contributed by atoms with Crippen molar-refractivity contribution in [1.82, 2.24) is 0 Å². The minimum absolute atomic E-state index is 0.221. The second-order valence-corrected chi connectivity index (χ2v) is 1.96. The predicted molar refractivity (Wildman–Crippen MR) is 33.9 cm³/mol. The van der Waals surface area contributed by atoms with Crippen molar-refractivity contribution in [2.45, 2.75) is 25.9 Å². The Morgan fingerprint density at radius 1 is 1.80 bits per heavy atom. The molecule has 0 amide bonds. The van der Waals surface area contributed by atoms with Gasteiger partial charge in [0.1, 0.15) is 6.61 Å². The Balaban J connectivity index is 3.21. The van der Waals surface area contributed by atoms with Crippen LogP contribution in [-0.2, 0) is 4.84 Å². The zero-order valence-electron chi connectivity index (χ0n) is 5.82. The summed E-state index contributed by atoms with van der Waals surface area (Å²) in [7, 11) is 0. The smallest absolute Gasteiger partial charge is 0.294 e. The largest absolute Gasteiger partial charge is 0.391 e. The van der Waals surface area contributed by atoms with E-state index in [-0.39, 0.29) is 6.61 Å². The molecule has 60 valence electrons. The van der Waals surface area contributed by atoms with Crippen molar-refractivity contribution in [3.8, 4) is 0 Å². The molecule has 5 nitrogen and oxygen atoms in total. The number of hydrogen-bond acceptors (Lipinski definition) is 4. The average molecular weight is 149 g/mol. The molecule has 5 heteroatoms. The maximum atomic E-state index is 9.58. The van der Waals surface area contributed by atoms with Gasteiger partial charge in [-0.3, -0.25) is 0 Å². The fourth-order valence-electron chi connectivity index (χ4n) is 0.563. The van der Waals surface area contributed by atoms with Crippen LogP contribution in [0.5, 0.6) is 0 Å². The minimum Gasteiger partial charge on any atom is -0.391 e. The topological polar surface area (TPSA) is 72.6 Å². The Morgan fingerprint density at radius 3 is 2.80 bits per heavy atom. The molecule has 1 unspecified atom stereocenters. The summed E-state index contributed by atoms with van der Waals surface area (Å²) in [5.41, 5.74) is 0. The highest BCUT2D eigenvalue weighted by Crippen LogP contribution is 1.95. The van der Waals surface area contributed by atoms with Gasteiger partial charge in [0.15, 0.2) is 0 Å². The molecule has 0 saturated carbocycles. The number of hydrogen-bond donors (Lipinski definition) is 1. The van der Waals surface area contributed by atoms with Gasteiger partial charge in [-0.25, -0.2) is 0 Å². The SMILES string of the molecule is CCCC(O)CO[N+](=O)[O-]. The molecule has 0 aromatic rings. The van der Waals surface area contributed by atoms with Gasteiger partial charge in [-0.2, -0.15) is 0 Å². The number of rotatable bonds is 5. The summed E-state index contributed by atoms with van der Waals surface area (Å²) < 4.78 is 0. The molecule has 0 radical (unpaired) electrons. The third kappa shape index (κ3) is 5.30. The summed E-state index contributed by atoms with van der Waals surface area (Å²) in [4.78, 5) is 13.5. The Morgan fingerprint density at radius 2 is 2.40 bits per heavy atom. The Labute approximate surface area is 58.7 Å². The lowest BCUT2D eigenvalue weighted by Crippen LogP contribution is -2.17. The van der Waals surface area contributed by atoms with Gasteiger partial charge in [0.25, 0.3) is 5.09 Å². The first-order valence-corrected chi connectivity index (χ1v) is 3.12. The Kier molecular flexibility index (Phi) is 4.57. The van der Waals surface area contributed by atoms with Crippen molar-refractivity contribution in [2.75, 3.05) is 6.61 Å². The lowest BCUT2D eigenvalue weighted by Gasteiger charge is -2.05. The zero-order valence-corrected chi connectivity index (χ0v) is 5.82. The molecular weight excluding hydrogens is 138 g/mol. The highest BCUT2D eigenvalue weighted by molar-refractivity contribution is 4.49. The van der Waals surface area contributed by atoms with E-state index < -0.39 is 11.2 Å². The third-order valence-electron chi connectivity index (χ3n) is 0.994. The second kappa shape index (κ2) is 4.99. The zero-order chi connectivity index (χ0) is 7.98. The summed E-state index contributed by atoms with van der Waals surface area (Å²) in [5, 5.41) is 17.5. The molecule has 10 heavy (non-hydrogen) atoms. The van der Waals surface area contributed by atoms with Gasteiger partial charge in [-0.15, -0.1) is 10.1 Å². The monoisotopic (exact) mass is 149 g/mol. The number of aliphatic hydroxyl groups excluding tert-OH is 1. The molecular formula is C5H11NO4. The van der Waals surface area contributed by atoms with Crippen LogP contribution in [0.4, 0.5) is 0 Å². The van der Waals surface area contributed by atoms with E-state index in [9.17, 15) is 10.1 Å². The molecule has 0 aromatic carbocycles. The maximum Gasteiger partial charge on any atom is 0.294 e. The standard InChI is InChI=1S/C5H11NO4/c1-2-3-5(7)4-10-6(8)9/h5,7H,2-4H2,1H3. The van der Waals surface area contributed by atoms with E-state index in [1.165, 1.54) is 0 Å². The maximum absolute atomic E-state index is 9.58. The van der Waals surface area contributed by atoms with E-state index in [0.29, 0.717) is 6.42 Å². The summed E-state index contributed by atoms with van der Waals surface area (Å²) in [6, 6.07) is 0. The molecule has 0 bridgehead atoms. The molecule has 0 aliphatic heterocycles. The van der Waals surface area contributed by atoms with Crippen LogP contribution in [0.1, 0.15) is 19.8 Å². The molecule has 0 aliphatic rings. The van der Waals surface area contributed by atoms with Gasteiger partial charge in [-0.05, 0) is 6.42 Å². The molecule has 0 aliphatic carbocycles. The van der Waals surface area contributed by atoms with Crippen molar-refractivity contribution in [3.63, 3.8) is 0 Å². The Bertz CT molecular complexity index is 106. The second-order valence-electron chi connectivity index (χ2n) is 1.96. The first-order valence-electron chi connectivity index (χ1n) is 3.12. The van der Waals surface area contributed by atoms with Gasteiger partial charge in [0, 0.05) is 0 Å². The van der Waals surface area contributed by atoms with Crippen LogP contribution in [0.3, 0.4) is 0 Å². The lowest BCUT2D eigenvalue weighted by molar-refractivity contribution is -0.759. The molecule has 0 aromatic heterocycles. The first-order chi connectivity index (χ1) is 4.66. The van der Waals surface area contributed by atoms with Gasteiger partial charge in [0.05, 0.1) is 6.10 Å². The molecule has 1 atom stereocenters. The van der Waals surface area contributed by atoms with E-state index in [4.69, 9.17) is 5.11 Å². The van der Waals surface area contributed by atoms with E-state index in [2.05, 4.69) is 4.84 Å². The van der Waals surface area contributed by atoms with E-state index in [1.807, 2.05) is 6.92 Å². The van der Waals surface area contributed by atoms with Crippen LogP contribution in [0.25, 0.3) is 0 Å². The van der Waals surface area contributed by atoms with Crippen molar-refractivity contribution >= 4 is 0 Å². The summed E-state index contributed by atoms with van der Waals surface area (Å²) in [5.74, 6) is 0. The Hall–Kier alpha value is -0.840. The van der Waals surface area contributed by atoms with E-state index >= 15 is 0 Å². The fraction of sp³-hybridized carbons (Fsp3) is 1.00. The van der Waals surface area contributed by atoms with Crippen LogP contribution in [0.2, 0.25) is 0 Å². The molecule has 1 N–H and O–H groups in total. The molecule has 0 rings (SSSR count). The van der Waals surface area contributed by atoms with Crippen molar-refractivity contribution in [1.29, 1.82) is 0 Å². The molecule has 0 spiro atoms. The van der Waals surface area contributed by atoms with E-state index in [0.717, 1.165) is 6.42 Å². The summed E-state index contributed by atoms with van der Waals surface area (Å²) >= 11 is 0. The van der Waals surface area contributed by atoms with Crippen molar-refractivity contribution in [2.24, 2.45) is 0 Å². The lowest BCUT2D eigenvalue weighted by atomic mass is 10.2. The van der Waals surface area contributed by atoms with Gasteiger partial charge in [0.2, 0.25) is 0 Å². The first kappa shape index (κ1) is 9.16. The van der Waals surface area contributed by atoms with Crippen molar-refractivity contribution < 1.29 is 15.0 Å². The quantitative estimate of drug-likeness (QED) is 0.452. The normalized spacial score (nSPS) is 12.6. The van der Waals surface area contributed by atoms with Gasteiger partial charge >= 0.3 is 0 Å². The predicted octanol–water partition coefficient (Wildman–Crippen LogP) is 0.356. The minimum atomic E-state index is -0.904. The van der Waals surface area contributed by atoms with Gasteiger partial charge in [-0.1, -0.05) is 13.3 Å².